The molecule has 1 heterocycles. The number of anilines is 3. The molecule has 2 N–H and O–H groups in total. The Hall–Kier alpha value is -2.12. The maximum atomic E-state index is 11.4. The van der Waals surface area contributed by atoms with Crippen LogP contribution in [0.3, 0.4) is 0 Å². The third-order valence-electron chi connectivity index (χ3n) is 3.01. The van der Waals surface area contributed by atoms with Gasteiger partial charge in [0.1, 0.15) is 6.33 Å². The monoisotopic (exact) mass is 355 g/mol. The van der Waals surface area contributed by atoms with E-state index < -0.39 is 4.92 Å². The molecule has 2 rings (SSSR count). The summed E-state index contributed by atoms with van der Waals surface area (Å²) in [5.41, 5.74) is 0.329. The lowest BCUT2D eigenvalue weighted by molar-refractivity contribution is -0.383. The minimum atomic E-state index is -0.520. The Labute approximate surface area is 143 Å². The molecule has 0 amide bonds. The molecule has 0 fully saturated rings. The zero-order valence-electron chi connectivity index (χ0n) is 12.3. The van der Waals surface area contributed by atoms with Crippen molar-refractivity contribution >= 4 is 46.2 Å². The van der Waals surface area contributed by atoms with E-state index in [0.29, 0.717) is 22.3 Å². The maximum absolute atomic E-state index is 11.4. The van der Waals surface area contributed by atoms with Gasteiger partial charge in [-0.2, -0.15) is 0 Å². The first kappa shape index (κ1) is 17.2. The molecule has 0 saturated carbocycles. The quantitative estimate of drug-likeness (QED) is 0.426. The van der Waals surface area contributed by atoms with Crippen molar-refractivity contribution in [3.63, 3.8) is 0 Å². The van der Waals surface area contributed by atoms with E-state index in [1.165, 1.54) is 6.33 Å². The molecule has 7 nitrogen and oxygen atoms in total. The minimum absolute atomic E-state index is 0.0855. The number of rotatable bonds is 7. The third kappa shape index (κ3) is 4.43. The van der Waals surface area contributed by atoms with Crippen LogP contribution in [0.25, 0.3) is 0 Å². The number of hydrogen-bond acceptors (Lipinski definition) is 6. The minimum Gasteiger partial charge on any atom is -0.364 e. The second kappa shape index (κ2) is 7.94. The Bertz CT molecular complexity index is 712. The van der Waals surface area contributed by atoms with Gasteiger partial charge in [0.2, 0.25) is 11.6 Å². The predicted octanol–water partition coefficient (Wildman–Crippen LogP) is 4.65. The first-order valence-electron chi connectivity index (χ1n) is 6.98. The fourth-order valence-corrected chi connectivity index (χ4v) is 2.16. The van der Waals surface area contributed by atoms with Gasteiger partial charge in [-0.15, -0.1) is 0 Å². The predicted molar refractivity (Wildman–Crippen MR) is 91.8 cm³/mol. The lowest BCUT2D eigenvalue weighted by atomic mass is 10.3. The SMILES string of the molecule is CCCCNc1ncnc(Nc2ccc(Cl)c(Cl)c2)c1[N+](=O)[O-]. The molecule has 0 aliphatic rings. The van der Waals surface area contributed by atoms with Crippen LogP contribution in [0.15, 0.2) is 24.5 Å². The van der Waals surface area contributed by atoms with Crippen molar-refractivity contribution in [2.45, 2.75) is 19.8 Å². The van der Waals surface area contributed by atoms with Gasteiger partial charge in [0.15, 0.2) is 0 Å². The number of nitrogens with zero attached hydrogens (tertiary/aromatic N) is 3. The zero-order valence-corrected chi connectivity index (χ0v) is 13.9. The van der Waals surface area contributed by atoms with Gasteiger partial charge in [-0.1, -0.05) is 36.5 Å². The molecule has 23 heavy (non-hydrogen) atoms. The van der Waals surface area contributed by atoms with Crippen LogP contribution in [0.2, 0.25) is 10.0 Å². The molecule has 0 atom stereocenters. The number of aromatic nitrogens is 2. The van der Waals surface area contributed by atoms with Crippen molar-refractivity contribution in [3.8, 4) is 0 Å². The Morgan fingerprint density at radius 2 is 1.96 bits per heavy atom. The highest BCUT2D eigenvalue weighted by atomic mass is 35.5. The lowest BCUT2D eigenvalue weighted by Crippen LogP contribution is -2.09. The van der Waals surface area contributed by atoms with Gasteiger partial charge in [-0.25, -0.2) is 9.97 Å². The van der Waals surface area contributed by atoms with E-state index in [4.69, 9.17) is 23.2 Å². The van der Waals surface area contributed by atoms with Crippen LogP contribution in [0, 0.1) is 10.1 Å². The van der Waals surface area contributed by atoms with Gasteiger partial charge in [0, 0.05) is 12.2 Å². The first-order valence-corrected chi connectivity index (χ1v) is 7.73. The van der Waals surface area contributed by atoms with Crippen LogP contribution in [-0.4, -0.2) is 21.4 Å². The molecule has 122 valence electrons. The fourth-order valence-electron chi connectivity index (χ4n) is 1.87. The summed E-state index contributed by atoms with van der Waals surface area (Å²) >= 11 is 11.8. The molecule has 9 heteroatoms. The summed E-state index contributed by atoms with van der Waals surface area (Å²) in [6.45, 7) is 2.63. The third-order valence-corrected chi connectivity index (χ3v) is 3.75. The average molecular weight is 356 g/mol. The second-order valence-electron chi connectivity index (χ2n) is 4.71. The van der Waals surface area contributed by atoms with E-state index in [1.807, 2.05) is 6.92 Å². The molecular formula is C14H15Cl2N5O2. The van der Waals surface area contributed by atoms with Gasteiger partial charge < -0.3 is 10.6 Å². The molecule has 0 radical (unpaired) electrons. The van der Waals surface area contributed by atoms with Crippen LogP contribution in [0.5, 0.6) is 0 Å². The van der Waals surface area contributed by atoms with E-state index in [1.54, 1.807) is 18.2 Å². The van der Waals surface area contributed by atoms with Crippen LogP contribution < -0.4 is 10.6 Å². The molecule has 0 aliphatic carbocycles. The maximum Gasteiger partial charge on any atom is 0.353 e. The number of nitro groups is 1. The molecular weight excluding hydrogens is 341 g/mol. The summed E-state index contributed by atoms with van der Waals surface area (Å²) in [4.78, 5) is 18.8. The van der Waals surface area contributed by atoms with Gasteiger partial charge in [-0.3, -0.25) is 10.1 Å². The second-order valence-corrected chi connectivity index (χ2v) is 5.53. The lowest BCUT2D eigenvalue weighted by Gasteiger charge is -2.10. The van der Waals surface area contributed by atoms with Crippen molar-refractivity contribution < 1.29 is 4.92 Å². The summed E-state index contributed by atoms with van der Waals surface area (Å²) in [7, 11) is 0. The van der Waals surface area contributed by atoms with Crippen molar-refractivity contribution in [3.05, 3.63) is 44.7 Å². The standard InChI is InChI=1S/C14H15Cl2N5O2/c1-2-3-6-17-13-12(21(22)23)14(19-8-18-13)20-9-4-5-10(15)11(16)7-9/h4-5,7-8H,2-3,6H2,1H3,(H2,17,18,19,20). The topological polar surface area (TPSA) is 93.0 Å². The van der Waals surface area contributed by atoms with Crippen molar-refractivity contribution in [2.75, 3.05) is 17.2 Å². The largest absolute Gasteiger partial charge is 0.364 e. The summed E-state index contributed by atoms with van der Waals surface area (Å²) in [5.74, 6) is 0.267. The Balaban J connectivity index is 2.31. The molecule has 0 saturated heterocycles. The van der Waals surface area contributed by atoms with Gasteiger partial charge >= 0.3 is 5.69 Å². The van der Waals surface area contributed by atoms with Gasteiger partial charge in [-0.05, 0) is 24.6 Å². The number of unbranched alkanes of at least 4 members (excludes halogenated alkanes) is 1. The normalized spacial score (nSPS) is 10.4. The highest BCUT2D eigenvalue weighted by Gasteiger charge is 2.23. The Morgan fingerprint density at radius 3 is 2.61 bits per heavy atom. The van der Waals surface area contributed by atoms with Crippen molar-refractivity contribution in [1.29, 1.82) is 0 Å². The molecule has 0 aliphatic heterocycles. The van der Waals surface area contributed by atoms with E-state index >= 15 is 0 Å². The van der Waals surface area contributed by atoms with E-state index in [0.717, 1.165) is 12.8 Å². The van der Waals surface area contributed by atoms with Gasteiger partial charge in [0.05, 0.1) is 15.0 Å². The molecule has 0 unspecified atom stereocenters. The highest BCUT2D eigenvalue weighted by molar-refractivity contribution is 6.42. The fraction of sp³-hybridized carbons (Fsp3) is 0.286. The number of benzene rings is 1. The molecule has 1 aromatic heterocycles. The van der Waals surface area contributed by atoms with E-state index in [9.17, 15) is 10.1 Å². The Kier molecular flexibility index (Phi) is 5.95. The first-order chi connectivity index (χ1) is 11.0. The zero-order chi connectivity index (χ0) is 16.8. The molecule has 2 aromatic rings. The summed E-state index contributed by atoms with van der Waals surface area (Å²) in [5, 5.41) is 18.0. The van der Waals surface area contributed by atoms with E-state index in [2.05, 4.69) is 20.6 Å². The van der Waals surface area contributed by atoms with Crippen LogP contribution in [0.1, 0.15) is 19.8 Å². The van der Waals surface area contributed by atoms with Crippen molar-refractivity contribution in [1.82, 2.24) is 9.97 Å². The average Bonchev–Trinajstić information content (AvgIpc) is 2.51. The van der Waals surface area contributed by atoms with Crippen LogP contribution >= 0.6 is 23.2 Å². The van der Waals surface area contributed by atoms with Gasteiger partial charge in [0.25, 0.3) is 0 Å². The highest BCUT2D eigenvalue weighted by Crippen LogP contribution is 2.32. The Morgan fingerprint density at radius 1 is 1.22 bits per heavy atom. The molecule has 0 spiro atoms. The number of hydrogen-bond donors (Lipinski definition) is 2. The summed E-state index contributed by atoms with van der Waals surface area (Å²) in [6.07, 6.45) is 3.12. The van der Waals surface area contributed by atoms with Crippen LogP contribution in [-0.2, 0) is 0 Å². The number of nitrogens with one attached hydrogen (secondary N) is 2. The molecule has 0 bridgehead atoms. The molecule has 1 aromatic carbocycles. The van der Waals surface area contributed by atoms with Crippen LogP contribution in [0.4, 0.5) is 23.0 Å². The van der Waals surface area contributed by atoms with Crippen molar-refractivity contribution in [2.24, 2.45) is 0 Å². The number of halogens is 2. The smallest absolute Gasteiger partial charge is 0.353 e. The summed E-state index contributed by atoms with van der Waals surface area (Å²) < 4.78 is 0. The van der Waals surface area contributed by atoms with E-state index in [-0.39, 0.29) is 17.3 Å². The summed E-state index contributed by atoms with van der Waals surface area (Å²) in [6, 6.07) is 4.82.